The lowest BCUT2D eigenvalue weighted by atomic mass is 9.82. The Labute approximate surface area is 153 Å². The lowest BCUT2D eigenvalue weighted by molar-refractivity contribution is 0.660. The van der Waals surface area contributed by atoms with E-state index in [1.807, 2.05) is 31.2 Å². The van der Waals surface area contributed by atoms with Gasteiger partial charge in [-0.2, -0.15) is 0 Å². The molecule has 2 nitrogen and oxygen atoms in total. The van der Waals surface area contributed by atoms with Crippen molar-refractivity contribution < 1.29 is 0 Å². The largest absolute Gasteiger partial charge is 0.249 e. The molecule has 0 saturated carbocycles. The zero-order valence-electron chi connectivity index (χ0n) is 15.2. The van der Waals surface area contributed by atoms with Gasteiger partial charge in [-0.1, -0.05) is 62.4 Å². The molecule has 4 aromatic rings. The van der Waals surface area contributed by atoms with Crippen LogP contribution in [0, 0.1) is 6.92 Å². The average molecular weight is 336 g/mol. The van der Waals surface area contributed by atoms with E-state index in [1.165, 1.54) is 22.3 Å². The van der Waals surface area contributed by atoms with Crippen molar-refractivity contribution in [1.29, 1.82) is 0 Å². The van der Waals surface area contributed by atoms with E-state index in [1.54, 1.807) is 0 Å². The van der Waals surface area contributed by atoms with E-state index >= 15 is 0 Å². The topological polar surface area (TPSA) is 25.8 Å². The molecule has 1 aromatic heterocycles. The molecule has 0 radical (unpaired) electrons. The van der Waals surface area contributed by atoms with Crippen LogP contribution in [0.2, 0.25) is 0 Å². The highest BCUT2D eigenvalue weighted by molar-refractivity contribution is 5.84. The van der Waals surface area contributed by atoms with E-state index < -0.39 is 0 Å². The van der Waals surface area contributed by atoms with Gasteiger partial charge >= 0.3 is 0 Å². The Morgan fingerprint density at radius 2 is 1.35 bits per heavy atom. The van der Waals surface area contributed by atoms with Crippen LogP contribution in [0.15, 0.2) is 66.7 Å². The quantitative estimate of drug-likeness (QED) is 0.432. The Bertz CT molecular complexity index is 1170. The molecule has 26 heavy (non-hydrogen) atoms. The highest BCUT2D eigenvalue weighted by atomic mass is 14.8. The maximum atomic E-state index is 4.90. The molecule has 0 aliphatic heterocycles. The van der Waals surface area contributed by atoms with E-state index in [2.05, 4.69) is 56.3 Å². The molecule has 0 fully saturated rings. The molecule has 0 bridgehead atoms. The fourth-order valence-electron chi connectivity index (χ4n) is 4.21. The first-order valence-corrected chi connectivity index (χ1v) is 9.04. The van der Waals surface area contributed by atoms with Gasteiger partial charge in [-0.05, 0) is 47.4 Å². The van der Waals surface area contributed by atoms with Crippen LogP contribution in [-0.2, 0) is 5.41 Å². The molecule has 1 heterocycles. The second-order valence-corrected chi connectivity index (χ2v) is 7.58. The summed E-state index contributed by atoms with van der Waals surface area (Å²) < 4.78 is 0. The molecular weight excluding hydrogens is 316 g/mol. The van der Waals surface area contributed by atoms with E-state index in [0.29, 0.717) is 0 Å². The highest BCUT2D eigenvalue weighted by Crippen LogP contribution is 2.49. The predicted octanol–water partition coefficient (Wildman–Crippen LogP) is 5.91. The summed E-state index contributed by atoms with van der Waals surface area (Å²) in [5.74, 6) is 0. The van der Waals surface area contributed by atoms with E-state index in [9.17, 15) is 0 Å². The lowest BCUT2D eigenvalue weighted by Crippen LogP contribution is -2.15. The van der Waals surface area contributed by atoms with Crippen molar-refractivity contribution in [3.05, 3.63) is 83.6 Å². The molecule has 0 spiro atoms. The zero-order valence-corrected chi connectivity index (χ0v) is 15.2. The molecule has 0 atom stereocenters. The van der Waals surface area contributed by atoms with Crippen molar-refractivity contribution >= 4 is 11.0 Å². The molecule has 0 N–H and O–H groups in total. The van der Waals surface area contributed by atoms with Crippen molar-refractivity contribution in [3.8, 4) is 22.4 Å². The van der Waals surface area contributed by atoms with Gasteiger partial charge < -0.3 is 0 Å². The van der Waals surface area contributed by atoms with Gasteiger partial charge in [-0.3, -0.25) is 0 Å². The maximum Gasteiger partial charge on any atom is 0.0922 e. The van der Waals surface area contributed by atoms with Crippen molar-refractivity contribution in [2.24, 2.45) is 0 Å². The predicted molar refractivity (Wildman–Crippen MR) is 107 cm³/mol. The minimum atomic E-state index is 0.000117. The van der Waals surface area contributed by atoms with Gasteiger partial charge in [0.1, 0.15) is 0 Å². The van der Waals surface area contributed by atoms with Gasteiger partial charge in [-0.25, -0.2) is 9.97 Å². The summed E-state index contributed by atoms with van der Waals surface area (Å²) in [5.41, 5.74) is 10.4. The number of benzene rings is 3. The molecule has 1 aliphatic carbocycles. The Morgan fingerprint density at radius 3 is 2.15 bits per heavy atom. The molecule has 2 heteroatoms. The first kappa shape index (κ1) is 15.3. The summed E-state index contributed by atoms with van der Waals surface area (Å²) in [5, 5.41) is 0. The number of fused-ring (bicyclic) bond motifs is 4. The van der Waals surface area contributed by atoms with Crippen molar-refractivity contribution in [1.82, 2.24) is 9.97 Å². The van der Waals surface area contributed by atoms with Gasteiger partial charge in [-0.15, -0.1) is 0 Å². The Morgan fingerprint density at radius 1 is 0.692 bits per heavy atom. The fourth-order valence-corrected chi connectivity index (χ4v) is 4.21. The average Bonchev–Trinajstić information content (AvgIpc) is 2.89. The number of aromatic nitrogens is 2. The van der Waals surface area contributed by atoms with Crippen LogP contribution in [0.3, 0.4) is 0 Å². The third kappa shape index (κ3) is 2.05. The summed E-state index contributed by atoms with van der Waals surface area (Å²) >= 11 is 0. The van der Waals surface area contributed by atoms with Crippen molar-refractivity contribution in [3.63, 3.8) is 0 Å². The van der Waals surface area contributed by atoms with E-state index in [-0.39, 0.29) is 5.41 Å². The van der Waals surface area contributed by atoms with Crippen molar-refractivity contribution in [2.75, 3.05) is 0 Å². The molecule has 126 valence electrons. The number of rotatable bonds is 1. The highest BCUT2D eigenvalue weighted by Gasteiger charge is 2.35. The minimum absolute atomic E-state index is 0.000117. The molecular formula is C24H20N2. The van der Waals surface area contributed by atoms with Crippen LogP contribution in [0.5, 0.6) is 0 Å². The van der Waals surface area contributed by atoms with E-state index in [0.717, 1.165) is 28.0 Å². The number of hydrogen-bond donors (Lipinski definition) is 0. The third-order valence-electron chi connectivity index (χ3n) is 5.60. The normalized spacial score (nSPS) is 14.3. The summed E-state index contributed by atoms with van der Waals surface area (Å²) in [4.78, 5) is 9.66. The van der Waals surface area contributed by atoms with Gasteiger partial charge in [0.15, 0.2) is 0 Å². The Kier molecular flexibility index (Phi) is 3.08. The second kappa shape index (κ2) is 5.25. The minimum Gasteiger partial charge on any atom is -0.249 e. The third-order valence-corrected chi connectivity index (χ3v) is 5.60. The molecule has 0 saturated heterocycles. The monoisotopic (exact) mass is 336 g/mol. The summed E-state index contributed by atoms with van der Waals surface area (Å²) in [7, 11) is 0. The standard InChI is InChI=1S/C24H20N2/c1-15-23(26-22-11-7-6-10-21(22)25-15)16-12-13-18-17-8-4-5-9-19(17)24(2,3)20(18)14-16/h4-14H,1-3H3. The maximum absolute atomic E-state index is 4.90. The summed E-state index contributed by atoms with van der Waals surface area (Å²) in [6.07, 6.45) is 0. The Hall–Kier alpha value is -3.00. The Balaban J connectivity index is 1.73. The zero-order chi connectivity index (χ0) is 17.9. The smallest absolute Gasteiger partial charge is 0.0922 e. The van der Waals surface area contributed by atoms with Gasteiger partial charge in [0.2, 0.25) is 0 Å². The number of para-hydroxylation sites is 2. The van der Waals surface area contributed by atoms with Crippen LogP contribution in [0.4, 0.5) is 0 Å². The SMILES string of the molecule is Cc1nc2ccccc2nc1-c1ccc2c(c1)C(C)(C)c1ccccc1-2. The van der Waals surface area contributed by atoms with Crippen molar-refractivity contribution in [2.45, 2.75) is 26.2 Å². The number of aryl methyl sites for hydroxylation is 1. The molecule has 5 rings (SSSR count). The van der Waals surface area contributed by atoms with Gasteiger partial charge in [0.05, 0.1) is 22.4 Å². The van der Waals surface area contributed by atoms with Crippen LogP contribution in [0.1, 0.15) is 30.7 Å². The fraction of sp³-hybridized carbons (Fsp3) is 0.167. The second-order valence-electron chi connectivity index (χ2n) is 7.58. The first-order chi connectivity index (χ1) is 12.6. The van der Waals surface area contributed by atoms with Crippen LogP contribution in [-0.4, -0.2) is 9.97 Å². The lowest BCUT2D eigenvalue weighted by Gasteiger charge is -2.22. The van der Waals surface area contributed by atoms with Gasteiger partial charge in [0, 0.05) is 11.0 Å². The van der Waals surface area contributed by atoms with E-state index in [4.69, 9.17) is 9.97 Å². The van der Waals surface area contributed by atoms with Crippen LogP contribution >= 0.6 is 0 Å². The summed E-state index contributed by atoms with van der Waals surface area (Å²) in [6.45, 7) is 6.66. The number of hydrogen-bond acceptors (Lipinski definition) is 2. The molecule has 3 aromatic carbocycles. The summed E-state index contributed by atoms with van der Waals surface area (Å²) in [6, 6.07) is 23.5. The molecule has 0 unspecified atom stereocenters. The van der Waals surface area contributed by atoms with Gasteiger partial charge in [0.25, 0.3) is 0 Å². The molecule has 0 amide bonds. The number of nitrogens with zero attached hydrogens (tertiary/aromatic N) is 2. The van der Waals surface area contributed by atoms with Crippen LogP contribution in [0.25, 0.3) is 33.4 Å². The first-order valence-electron chi connectivity index (χ1n) is 9.04. The molecule has 1 aliphatic rings. The van der Waals surface area contributed by atoms with Crippen LogP contribution < -0.4 is 0 Å².